The molecule has 1 aromatic heterocycles. The largest absolute Gasteiger partial charge is 0.483 e. The number of rotatable bonds is 5. The van der Waals surface area contributed by atoms with Crippen molar-refractivity contribution < 1.29 is 41.5 Å². The molecule has 5 unspecified atom stereocenters. The predicted octanol–water partition coefficient (Wildman–Crippen LogP) is 5.21. The Kier molecular flexibility index (Phi) is 10.0. The highest BCUT2D eigenvalue weighted by molar-refractivity contribution is 7.91. The first-order valence-electron chi connectivity index (χ1n) is 19.8. The van der Waals surface area contributed by atoms with Gasteiger partial charge in [0.15, 0.2) is 0 Å². The van der Waals surface area contributed by atoms with Crippen molar-refractivity contribution in [1.29, 1.82) is 0 Å². The maximum absolute atomic E-state index is 14.8. The molecule has 0 bridgehead atoms. The molecule has 5 aliphatic rings. The number of ether oxygens (including phenoxy) is 2. The number of methoxy groups -OCH3 is 1. The number of pyridine rings is 1. The highest BCUT2D eigenvalue weighted by Gasteiger charge is 2.59. The number of nitrogens with zero attached hydrogens (tertiary/aromatic N) is 2. The smallest absolute Gasteiger partial charge is 0.407 e. The highest BCUT2D eigenvalue weighted by Crippen LogP contribution is 2.48. The summed E-state index contributed by atoms with van der Waals surface area (Å²) in [4.78, 5) is 62.6. The van der Waals surface area contributed by atoms with E-state index in [9.17, 15) is 32.0 Å². The fourth-order valence-corrected chi connectivity index (χ4v) is 10.2. The van der Waals surface area contributed by atoms with Gasteiger partial charge in [0.05, 0.1) is 23.9 Å². The maximum atomic E-state index is 14.8. The summed E-state index contributed by atoms with van der Waals surface area (Å²) in [6, 6.07) is 11.5. The number of nitrogens with one attached hydrogen (secondary N) is 3. The number of aromatic nitrogens is 1. The van der Waals surface area contributed by atoms with Gasteiger partial charge in [-0.1, -0.05) is 55.3 Å². The molecule has 8 rings (SSSR count). The van der Waals surface area contributed by atoms with Crippen molar-refractivity contribution >= 4 is 44.7 Å². The lowest BCUT2D eigenvalue weighted by Crippen LogP contribution is -2.70. The molecule has 15 heteroatoms. The van der Waals surface area contributed by atoms with Crippen molar-refractivity contribution in [1.82, 2.24) is 25.2 Å². The Morgan fingerprint density at radius 3 is 2.58 bits per heavy atom. The van der Waals surface area contributed by atoms with Gasteiger partial charge in [-0.25, -0.2) is 22.6 Å². The fourth-order valence-electron chi connectivity index (χ4n) is 8.89. The normalized spacial score (nSPS) is 28.3. The number of alkyl carbamates (subject to hydrolysis) is 1. The first-order valence-corrected chi connectivity index (χ1v) is 21.3. The molecule has 3 aliphatic heterocycles. The Balaban J connectivity index is 1.19. The van der Waals surface area contributed by atoms with Gasteiger partial charge >= 0.3 is 6.09 Å². The molecular formula is C42H48FN5O8S. The summed E-state index contributed by atoms with van der Waals surface area (Å²) in [7, 11) is -2.82. The van der Waals surface area contributed by atoms with E-state index in [1.165, 1.54) is 24.1 Å². The van der Waals surface area contributed by atoms with E-state index in [0.717, 1.165) is 23.8 Å². The van der Waals surface area contributed by atoms with E-state index in [2.05, 4.69) is 15.4 Å². The lowest BCUT2D eigenvalue weighted by atomic mass is 9.65. The molecule has 5 atom stereocenters. The van der Waals surface area contributed by atoms with E-state index in [4.69, 9.17) is 14.5 Å². The third kappa shape index (κ3) is 7.12. The lowest BCUT2D eigenvalue weighted by Gasteiger charge is -2.48. The van der Waals surface area contributed by atoms with Crippen LogP contribution in [-0.2, 0) is 35.6 Å². The predicted molar refractivity (Wildman–Crippen MR) is 209 cm³/mol. The number of para-hydroxylation sites is 1. The van der Waals surface area contributed by atoms with Crippen LogP contribution < -0.4 is 20.1 Å². The molecule has 302 valence electrons. The summed E-state index contributed by atoms with van der Waals surface area (Å²) in [6.45, 7) is 1.56. The van der Waals surface area contributed by atoms with Gasteiger partial charge in [0, 0.05) is 28.9 Å². The van der Waals surface area contributed by atoms with Gasteiger partial charge in [0.25, 0.3) is 5.91 Å². The molecule has 1 saturated heterocycles. The number of halogens is 1. The van der Waals surface area contributed by atoms with Crippen molar-refractivity contribution in [2.75, 3.05) is 13.7 Å². The van der Waals surface area contributed by atoms with Crippen LogP contribution in [0, 0.1) is 11.7 Å². The molecule has 4 heterocycles. The van der Waals surface area contributed by atoms with E-state index in [0.29, 0.717) is 73.9 Å². The number of carbonyl (C=O) groups is 4. The minimum Gasteiger partial charge on any atom is -0.483 e. The minimum absolute atomic E-state index is 0.0267. The van der Waals surface area contributed by atoms with Crippen LogP contribution in [0.1, 0.15) is 83.1 Å². The molecule has 1 spiro atoms. The summed E-state index contributed by atoms with van der Waals surface area (Å²) in [5, 5.41) is 6.54. The van der Waals surface area contributed by atoms with Crippen molar-refractivity contribution in [3.05, 3.63) is 72.1 Å². The molecule has 4 amide bonds. The summed E-state index contributed by atoms with van der Waals surface area (Å²) in [5.41, 5.74) is -0.167. The molecule has 0 radical (unpaired) electrons. The second-order valence-corrected chi connectivity index (χ2v) is 18.7. The Bertz CT molecular complexity index is 2280. The van der Waals surface area contributed by atoms with E-state index < -0.39 is 73.5 Å². The summed E-state index contributed by atoms with van der Waals surface area (Å²) in [5.74, 6) is -2.43. The Hall–Kier alpha value is -5.05. The third-order valence-electron chi connectivity index (χ3n) is 12.8. The van der Waals surface area contributed by atoms with Crippen molar-refractivity contribution in [3.8, 4) is 17.0 Å². The maximum Gasteiger partial charge on any atom is 0.407 e. The number of hydrogen-bond donors (Lipinski definition) is 3. The Morgan fingerprint density at radius 2 is 1.84 bits per heavy atom. The third-order valence-corrected chi connectivity index (χ3v) is 14.9. The van der Waals surface area contributed by atoms with Gasteiger partial charge in [-0.05, 0) is 82.9 Å². The number of fused-ring (bicyclic) bond motifs is 5. The van der Waals surface area contributed by atoms with Gasteiger partial charge in [-0.15, -0.1) is 0 Å². The van der Waals surface area contributed by atoms with Gasteiger partial charge in [-0.2, -0.15) is 0 Å². The SMILES string of the molecule is COC(=O)NC1CCCCCC=CC2CCC2(C(=O)NS(=O)(=O)C2(C)CC2)NC(=O)C2CC3(CCc4c(c(-c5cccc(F)c5)nc5ccccc45)O3)CN2C1=O. The number of hydrogen-bond acceptors (Lipinski definition) is 9. The number of amides is 4. The molecule has 3 N–H and O–H groups in total. The van der Waals surface area contributed by atoms with Crippen LogP contribution in [0.4, 0.5) is 9.18 Å². The molecule has 3 aromatic rings. The second kappa shape index (κ2) is 14.7. The first-order chi connectivity index (χ1) is 27.3. The summed E-state index contributed by atoms with van der Waals surface area (Å²) < 4.78 is 54.4. The Morgan fingerprint density at radius 1 is 1.04 bits per heavy atom. The number of allylic oxidation sites excluding steroid dienone is 1. The number of sulfonamides is 1. The minimum atomic E-state index is -4.03. The zero-order chi connectivity index (χ0) is 40.2. The van der Waals surface area contributed by atoms with Gasteiger partial charge in [-0.3, -0.25) is 19.1 Å². The van der Waals surface area contributed by atoms with E-state index >= 15 is 0 Å². The van der Waals surface area contributed by atoms with Gasteiger partial charge in [0.1, 0.15) is 40.5 Å². The molecule has 2 aliphatic carbocycles. The van der Waals surface area contributed by atoms with Crippen LogP contribution in [0.25, 0.3) is 22.2 Å². The summed E-state index contributed by atoms with van der Waals surface area (Å²) in [6.07, 6.45) is 8.70. The first kappa shape index (κ1) is 38.8. The molecule has 2 saturated carbocycles. The van der Waals surface area contributed by atoms with E-state index in [1.54, 1.807) is 19.1 Å². The number of carbonyl (C=O) groups excluding carboxylic acids is 4. The average Bonchev–Trinajstić information content (AvgIpc) is 3.85. The molecule has 57 heavy (non-hydrogen) atoms. The van der Waals surface area contributed by atoms with Crippen LogP contribution in [0.3, 0.4) is 0 Å². The monoisotopic (exact) mass is 801 g/mol. The lowest BCUT2D eigenvalue weighted by molar-refractivity contribution is -0.144. The molecule has 13 nitrogen and oxygen atoms in total. The van der Waals surface area contributed by atoms with Crippen molar-refractivity contribution in [3.63, 3.8) is 0 Å². The van der Waals surface area contributed by atoms with E-state index in [1.807, 2.05) is 36.4 Å². The highest BCUT2D eigenvalue weighted by atomic mass is 32.2. The second-order valence-electron chi connectivity index (χ2n) is 16.5. The average molecular weight is 802 g/mol. The molecule has 2 aromatic carbocycles. The zero-order valence-electron chi connectivity index (χ0n) is 32.1. The van der Waals surface area contributed by atoms with Crippen LogP contribution in [-0.4, -0.2) is 83.7 Å². The van der Waals surface area contributed by atoms with Gasteiger partial charge < -0.3 is 25.0 Å². The number of benzene rings is 2. The Labute approximate surface area is 331 Å². The van der Waals surface area contributed by atoms with Crippen molar-refractivity contribution in [2.24, 2.45) is 5.92 Å². The topological polar surface area (TPSA) is 173 Å². The molecular weight excluding hydrogens is 754 g/mol. The fraction of sp³-hybridized carbons (Fsp3) is 0.500. The van der Waals surface area contributed by atoms with Crippen LogP contribution in [0.5, 0.6) is 5.75 Å². The van der Waals surface area contributed by atoms with Crippen molar-refractivity contribution in [2.45, 2.75) is 112 Å². The summed E-state index contributed by atoms with van der Waals surface area (Å²) >= 11 is 0. The number of aryl methyl sites for hydroxylation is 1. The molecule has 3 fully saturated rings. The standard InChI is InChI=1S/C42H48FN5O8S/c1-40(21-22-40)57(53,54)47-38(51)42-20-17-27(42)12-6-4-3-5-7-16-32(45-39(52)55-2)37(50)48-25-41(24-33(48)36(49)46-42)19-18-30-29-14-8-9-15-31(29)44-34(35(30)56-41)26-11-10-13-28(43)23-26/h6,8-15,23,27,32-33H,3-5,7,16-22,24-25H2,1-2H3,(H,45,52)(H,46,49)(H,47,51). The van der Waals surface area contributed by atoms with Crippen LogP contribution >= 0.6 is 0 Å². The van der Waals surface area contributed by atoms with Crippen LogP contribution in [0.2, 0.25) is 0 Å². The van der Waals surface area contributed by atoms with Gasteiger partial charge in [0.2, 0.25) is 21.8 Å². The zero-order valence-corrected chi connectivity index (χ0v) is 33.0. The quantitative estimate of drug-likeness (QED) is 0.293. The van der Waals surface area contributed by atoms with Crippen LogP contribution in [0.15, 0.2) is 60.7 Å². The van der Waals surface area contributed by atoms with E-state index in [-0.39, 0.29) is 19.4 Å².